The second-order valence-electron chi connectivity index (χ2n) is 6.83. The molecule has 4 rings (SSSR count). The Labute approximate surface area is 174 Å². The van der Waals surface area contributed by atoms with Gasteiger partial charge in [0.1, 0.15) is 17.0 Å². The molecule has 1 aliphatic heterocycles. The normalized spacial score (nSPS) is 15.1. The van der Waals surface area contributed by atoms with E-state index >= 15 is 0 Å². The minimum absolute atomic E-state index is 0.118. The minimum Gasteiger partial charge on any atom is -0.379 e. The van der Waals surface area contributed by atoms with Crippen molar-refractivity contribution >= 4 is 21.6 Å². The number of carbonyl (C=O) groups excluding carboxylic acids is 1. The maximum Gasteiger partial charge on any atom is 0.261 e. The molecule has 0 unspecified atom stereocenters. The number of hydrogen-bond donors (Lipinski definition) is 1. The molecule has 0 radical (unpaired) electrons. The molecule has 1 fully saturated rings. The molecule has 1 aliphatic rings. The van der Waals surface area contributed by atoms with Gasteiger partial charge in [0.15, 0.2) is 0 Å². The van der Waals surface area contributed by atoms with Crippen LogP contribution in [-0.4, -0.2) is 50.1 Å². The van der Waals surface area contributed by atoms with Crippen LogP contribution in [0.2, 0.25) is 0 Å². The number of aromatic nitrogens is 1. The molecule has 1 N–H and O–H groups in total. The molecule has 0 saturated carbocycles. The van der Waals surface area contributed by atoms with Crippen LogP contribution in [-0.2, 0) is 14.8 Å². The standard InChI is InChI=1S/C21H21N3O5S/c1-15-19(20(23-29-15)16-6-3-2-4-7-16)21(25)22-17-8-5-9-18(14-17)30(26,27)24-10-12-28-13-11-24/h2-9,14H,10-13H2,1H3,(H,22,25). The fourth-order valence-electron chi connectivity index (χ4n) is 3.30. The van der Waals surface area contributed by atoms with Gasteiger partial charge in [-0.2, -0.15) is 4.31 Å². The Balaban J connectivity index is 1.60. The van der Waals surface area contributed by atoms with Crippen molar-refractivity contribution in [3.8, 4) is 11.3 Å². The average Bonchev–Trinajstić information content (AvgIpc) is 3.17. The quantitative estimate of drug-likeness (QED) is 0.672. The molecule has 1 amide bonds. The lowest BCUT2D eigenvalue weighted by Gasteiger charge is -2.26. The van der Waals surface area contributed by atoms with Crippen LogP contribution < -0.4 is 5.32 Å². The third kappa shape index (κ3) is 4.00. The third-order valence-electron chi connectivity index (χ3n) is 4.84. The van der Waals surface area contributed by atoms with Gasteiger partial charge in [-0.15, -0.1) is 0 Å². The number of benzene rings is 2. The van der Waals surface area contributed by atoms with E-state index in [1.54, 1.807) is 19.1 Å². The van der Waals surface area contributed by atoms with E-state index in [0.29, 0.717) is 49.0 Å². The van der Waals surface area contributed by atoms with Crippen molar-refractivity contribution in [2.24, 2.45) is 0 Å². The maximum atomic E-state index is 13.0. The van der Waals surface area contributed by atoms with Gasteiger partial charge >= 0.3 is 0 Å². The number of aryl methyl sites for hydroxylation is 1. The molecule has 30 heavy (non-hydrogen) atoms. The molecular weight excluding hydrogens is 406 g/mol. The highest BCUT2D eigenvalue weighted by molar-refractivity contribution is 7.89. The summed E-state index contributed by atoms with van der Waals surface area (Å²) < 4.78 is 37.6. The predicted molar refractivity (Wildman–Crippen MR) is 111 cm³/mol. The Hall–Kier alpha value is -3.01. The fourth-order valence-corrected chi connectivity index (χ4v) is 4.75. The van der Waals surface area contributed by atoms with Crippen molar-refractivity contribution < 1.29 is 22.5 Å². The van der Waals surface area contributed by atoms with Gasteiger partial charge in [-0.1, -0.05) is 41.6 Å². The number of nitrogens with one attached hydrogen (secondary N) is 1. The Morgan fingerprint density at radius 3 is 2.53 bits per heavy atom. The number of carbonyl (C=O) groups is 1. The first-order valence-corrected chi connectivity index (χ1v) is 10.9. The number of hydrogen-bond acceptors (Lipinski definition) is 6. The summed E-state index contributed by atoms with van der Waals surface area (Å²) in [5.74, 6) is -0.0445. The second-order valence-corrected chi connectivity index (χ2v) is 8.76. The number of rotatable bonds is 5. The number of sulfonamides is 1. The van der Waals surface area contributed by atoms with E-state index < -0.39 is 15.9 Å². The summed E-state index contributed by atoms with van der Waals surface area (Å²) in [7, 11) is -3.66. The molecule has 9 heteroatoms. The lowest BCUT2D eigenvalue weighted by atomic mass is 10.1. The number of ether oxygens (including phenoxy) is 1. The van der Waals surface area contributed by atoms with E-state index in [9.17, 15) is 13.2 Å². The van der Waals surface area contributed by atoms with Gasteiger partial charge < -0.3 is 14.6 Å². The van der Waals surface area contributed by atoms with Crippen LogP contribution in [0.5, 0.6) is 0 Å². The summed E-state index contributed by atoms with van der Waals surface area (Å²) in [6, 6.07) is 15.4. The molecule has 0 aliphatic carbocycles. The number of anilines is 1. The summed E-state index contributed by atoms with van der Waals surface area (Å²) >= 11 is 0. The molecule has 2 heterocycles. The second kappa shape index (κ2) is 8.39. The van der Waals surface area contributed by atoms with E-state index in [0.717, 1.165) is 5.56 Å². The predicted octanol–water partition coefficient (Wildman–Crippen LogP) is 2.92. The highest BCUT2D eigenvalue weighted by atomic mass is 32.2. The van der Waals surface area contributed by atoms with Gasteiger partial charge in [-0.05, 0) is 25.1 Å². The Kier molecular flexibility index (Phi) is 5.67. The summed E-state index contributed by atoms with van der Waals surface area (Å²) in [5.41, 5.74) is 1.86. The van der Waals surface area contributed by atoms with E-state index in [-0.39, 0.29) is 4.90 Å². The largest absolute Gasteiger partial charge is 0.379 e. The van der Waals surface area contributed by atoms with E-state index in [1.807, 2.05) is 30.3 Å². The zero-order valence-electron chi connectivity index (χ0n) is 16.4. The van der Waals surface area contributed by atoms with Crippen molar-refractivity contribution in [2.45, 2.75) is 11.8 Å². The summed E-state index contributed by atoms with van der Waals surface area (Å²) in [6.07, 6.45) is 0. The molecule has 1 aromatic heterocycles. The van der Waals surface area contributed by atoms with E-state index in [1.165, 1.54) is 16.4 Å². The third-order valence-corrected chi connectivity index (χ3v) is 6.73. The molecule has 2 aromatic carbocycles. The number of morpholine rings is 1. The van der Waals surface area contributed by atoms with Crippen LogP contribution in [0.15, 0.2) is 64.0 Å². The zero-order valence-corrected chi connectivity index (χ0v) is 17.2. The van der Waals surface area contributed by atoms with E-state index in [2.05, 4.69) is 10.5 Å². The summed E-state index contributed by atoms with van der Waals surface area (Å²) in [4.78, 5) is 13.1. The first-order chi connectivity index (χ1) is 14.5. The van der Waals surface area contributed by atoms with Crippen LogP contribution in [0.25, 0.3) is 11.3 Å². The molecule has 1 saturated heterocycles. The van der Waals surface area contributed by atoms with Crippen molar-refractivity contribution in [3.63, 3.8) is 0 Å². The van der Waals surface area contributed by atoms with Crippen molar-refractivity contribution in [2.75, 3.05) is 31.6 Å². The fraction of sp³-hybridized carbons (Fsp3) is 0.238. The molecule has 8 nitrogen and oxygen atoms in total. The van der Waals surface area contributed by atoms with Crippen molar-refractivity contribution in [1.29, 1.82) is 0 Å². The van der Waals surface area contributed by atoms with Crippen LogP contribution >= 0.6 is 0 Å². The Morgan fingerprint density at radius 2 is 1.80 bits per heavy atom. The van der Waals surface area contributed by atoms with Gasteiger partial charge in [0.05, 0.1) is 18.1 Å². The molecule has 156 valence electrons. The topological polar surface area (TPSA) is 102 Å². The van der Waals surface area contributed by atoms with Crippen molar-refractivity contribution in [1.82, 2.24) is 9.46 Å². The van der Waals surface area contributed by atoms with Gasteiger partial charge in [-0.3, -0.25) is 4.79 Å². The summed E-state index contributed by atoms with van der Waals surface area (Å²) in [6.45, 7) is 3.00. The van der Waals surface area contributed by atoms with Gasteiger partial charge in [0.25, 0.3) is 5.91 Å². The molecule has 3 aromatic rings. The lowest BCUT2D eigenvalue weighted by molar-refractivity contribution is 0.0730. The lowest BCUT2D eigenvalue weighted by Crippen LogP contribution is -2.40. The number of amides is 1. The smallest absolute Gasteiger partial charge is 0.261 e. The number of nitrogens with zero attached hydrogens (tertiary/aromatic N) is 2. The monoisotopic (exact) mass is 427 g/mol. The van der Waals surface area contributed by atoms with Gasteiger partial charge in [-0.25, -0.2) is 8.42 Å². The van der Waals surface area contributed by atoms with Crippen LogP contribution in [0.1, 0.15) is 16.1 Å². The highest BCUT2D eigenvalue weighted by Gasteiger charge is 2.27. The Bertz CT molecular complexity index is 1150. The summed E-state index contributed by atoms with van der Waals surface area (Å²) in [5, 5.41) is 6.78. The maximum absolute atomic E-state index is 13.0. The van der Waals surface area contributed by atoms with Crippen molar-refractivity contribution in [3.05, 3.63) is 65.9 Å². The molecule has 0 spiro atoms. The SMILES string of the molecule is Cc1onc(-c2ccccc2)c1C(=O)Nc1cccc(S(=O)(=O)N2CCOCC2)c1. The molecule has 0 bridgehead atoms. The average molecular weight is 427 g/mol. The van der Waals surface area contributed by atoms with E-state index in [4.69, 9.17) is 9.26 Å². The first-order valence-electron chi connectivity index (χ1n) is 9.48. The zero-order chi connectivity index (χ0) is 21.1. The van der Waals surface area contributed by atoms with Crippen LogP contribution in [0.4, 0.5) is 5.69 Å². The Morgan fingerprint density at radius 1 is 1.07 bits per heavy atom. The van der Waals surface area contributed by atoms with Crippen LogP contribution in [0, 0.1) is 6.92 Å². The molecule has 0 atom stereocenters. The first kappa shape index (κ1) is 20.3. The van der Waals surface area contributed by atoms with Crippen LogP contribution in [0.3, 0.4) is 0 Å². The molecular formula is C21H21N3O5S. The highest BCUT2D eigenvalue weighted by Crippen LogP contribution is 2.27. The van der Waals surface area contributed by atoms with Gasteiger partial charge in [0, 0.05) is 24.3 Å². The minimum atomic E-state index is -3.66. The van der Waals surface area contributed by atoms with Gasteiger partial charge in [0.2, 0.25) is 10.0 Å².